The highest BCUT2D eigenvalue weighted by Crippen LogP contribution is 2.50. The number of aryl methyl sites for hydroxylation is 1. The second kappa shape index (κ2) is 9.81. The molecule has 2 unspecified atom stereocenters. The zero-order valence-electron chi connectivity index (χ0n) is 19.8. The van der Waals surface area contributed by atoms with Gasteiger partial charge in [-0.2, -0.15) is 12.6 Å². The summed E-state index contributed by atoms with van der Waals surface area (Å²) in [5, 5.41) is 12.7. The number of rotatable bonds is 9. The molecular weight excluding hydrogens is 434 g/mol. The molecule has 180 valence electrons. The van der Waals surface area contributed by atoms with Gasteiger partial charge in [0, 0.05) is 5.92 Å². The van der Waals surface area contributed by atoms with E-state index in [1.165, 1.54) is 17.5 Å². The van der Waals surface area contributed by atoms with E-state index in [4.69, 9.17) is 0 Å². The number of hydrogen-bond donors (Lipinski definition) is 3. The van der Waals surface area contributed by atoms with Crippen molar-refractivity contribution in [2.24, 2.45) is 23.7 Å². The molecule has 0 saturated heterocycles. The molecule has 4 rings (SSSR count). The molecule has 3 aliphatic rings. The molecule has 1 amide bonds. The van der Waals surface area contributed by atoms with E-state index in [-0.39, 0.29) is 29.4 Å². The summed E-state index contributed by atoms with van der Waals surface area (Å²) in [6.45, 7) is 3.88. The van der Waals surface area contributed by atoms with Crippen LogP contribution in [0.5, 0.6) is 0 Å². The fourth-order valence-electron chi connectivity index (χ4n) is 6.05. The minimum absolute atomic E-state index is 0.0454. The number of carboxylic acids is 1. The molecule has 0 spiro atoms. The molecule has 0 bridgehead atoms. The van der Waals surface area contributed by atoms with Crippen molar-refractivity contribution in [2.45, 2.75) is 88.8 Å². The van der Waals surface area contributed by atoms with E-state index in [0.717, 1.165) is 37.7 Å². The predicted molar refractivity (Wildman–Crippen MR) is 131 cm³/mol. The van der Waals surface area contributed by atoms with Crippen LogP contribution in [0.15, 0.2) is 18.2 Å². The van der Waals surface area contributed by atoms with Gasteiger partial charge in [0.25, 0.3) is 0 Å². The van der Waals surface area contributed by atoms with Gasteiger partial charge in [-0.3, -0.25) is 14.4 Å². The zero-order valence-corrected chi connectivity index (χ0v) is 20.7. The number of Topliss-reactive ketones (excluding diaryl/α,β-unsaturated/α-hetero) is 1. The lowest BCUT2D eigenvalue weighted by Gasteiger charge is -2.31. The summed E-state index contributed by atoms with van der Waals surface area (Å²) in [6, 6.07) is 6.27. The lowest BCUT2D eigenvalue weighted by molar-refractivity contribution is -0.143. The van der Waals surface area contributed by atoms with Gasteiger partial charge in [0.15, 0.2) is 5.78 Å². The molecule has 3 aliphatic carbocycles. The summed E-state index contributed by atoms with van der Waals surface area (Å²) < 4.78 is 0. The number of fused-ring (bicyclic) bond motifs is 1. The zero-order chi connectivity index (χ0) is 23.8. The lowest BCUT2D eigenvalue weighted by Crippen LogP contribution is -2.56. The number of hydrogen-bond acceptors (Lipinski definition) is 4. The number of thiol groups is 1. The second-order valence-electron chi connectivity index (χ2n) is 10.7. The van der Waals surface area contributed by atoms with Gasteiger partial charge >= 0.3 is 5.97 Å². The first kappa shape index (κ1) is 24.3. The Morgan fingerprint density at radius 2 is 1.82 bits per heavy atom. The SMILES string of the molecule is CC(C)[C@H](S)C(=O)NC1(C(=O)C2CC2[C@@H](Cc2cccc3c2CCCC3)C(=O)O)CCCC1. The molecule has 1 aromatic carbocycles. The van der Waals surface area contributed by atoms with Gasteiger partial charge in [-0.05, 0) is 79.9 Å². The van der Waals surface area contributed by atoms with Crippen LogP contribution in [0, 0.1) is 23.7 Å². The fourth-order valence-corrected chi connectivity index (χ4v) is 6.11. The van der Waals surface area contributed by atoms with Crippen LogP contribution in [0.2, 0.25) is 0 Å². The van der Waals surface area contributed by atoms with Crippen LogP contribution in [0.4, 0.5) is 0 Å². The Balaban J connectivity index is 1.49. The van der Waals surface area contributed by atoms with E-state index in [0.29, 0.717) is 25.7 Å². The van der Waals surface area contributed by atoms with Gasteiger partial charge in [0.2, 0.25) is 5.91 Å². The van der Waals surface area contributed by atoms with Crippen LogP contribution in [-0.2, 0) is 33.6 Å². The Labute approximate surface area is 202 Å². The van der Waals surface area contributed by atoms with E-state index in [2.05, 4.69) is 30.1 Å². The highest BCUT2D eigenvalue weighted by atomic mass is 32.1. The van der Waals surface area contributed by atoms with Crippen LogP contribution >= 0.6 is 12.6 Å². The average molecular weight is 472 g/mol. The number of carbonyl (C=O) groups excluding carboxylic acids is 2. The molecule has 1 aromatic rings. The van der Waals surface area contributed by atoms with Crippen molar-refractivity contribution in [2.75, 3.05) is 0 Å². The molecule has 0 aliphatic heterocycles. The number of nitrogens with one attached hydrogen (secondary N) is 1. The maximum Gasteiger partial charge on any atom is 0.307 e. The summed E-state index contributed by atoms with van der Waals surface area (Å²) in [5.74, 6) is -1.88. The Hall–Kier alpha value is -1.82. The number of carbonyl (C=O) groups is 3. The summed E-state index contributed by atoms with van der Waals surface area (Å²) in [6.07, 6.45) is 8.60. The van der Waals surface area contributed by atoms with Gasteiger partial charge in [-0.25, -0.2) is 0 Å². The molecule has 5 nitrogen and oxygen atoms in total. The Kier molecular flexibility index (Phi) is 7.23. The van der Waals surface area contributed by atoms with Crippen molar-refractivity contribution in [3.8, 4) is 0 Å². The number of aliphatic carboxylic acids is 1. The molecule has 0 aromatic heterocycles. The van der Waals surface area contributed by atoms with Gasteiger partial charge < -0.3 is 10.4 Å². The summed E-state index contributed by atoms with van der Waals surface area (Å²) in [5.41, 5.74) is 2.97. The first-order valence-electron chi connectivity index (χ1n) is 12.6. The maximum atomic E-state index is 13.6. The van der Waals surface area contributed by atoms with E-state index < -0.39 is 22.7 Å². The standard InChI is InChI=1S/C27H37NO4S/c1-16(2)23(33)25(30)28-27(12-5-6-13-27)24(29)21-15-20(21)22(26(31)32)14-18-10-7-9-17-8-3-4-11-19(17)18/h7,9-10,16,20-23,33H,3-6,8,11-15H2,1-2H3,(H,28,30)(H,31,32)/t20?,21?,22-,23+/m1/s1. The van der Waals surface area contributed by atoms with E-state index in [1.807, 2.05) is 19.9 Å². The molecular formula is C27H37NO4S. The third-order valence-electron chi connectivity index (χ3n) is 8.13. The minimum atomic E-state index is -0.846. The molecule has 0 heterocycles. The average Bonchev–Trinajstić information content (AvgIpc) is 3.44. The highest BCUT2D eigenvalue weighted by molar-refractivity contribution is 7.81. The normalized spacial score (nSPS) is 25.2. The minimum Gasteiger partial charge on any atom is -0.481 e. The van der Waals surface area contributed by atoms with Crippen molar-refractivity contribution in [1.29, 1.82) is 0 Å². The van der Waals surface area contributed by atoms with E-state index >= 15 is 0 Å². The second-order valence-corrected chi connectivity index (χ2v) is 11.3. The maximum absolute atomic E-state index is 13.6. The Morgan fingerprint density at radius 1 is 1.12 bits per heavy atom. The first-order valence-corrected chi connectivity index (χ1v) is 13.1. The van der Waals surface area contributed by atoms with Crippen molar-refractivity contribution < 1.29 is 19.5 Å². The lowest BCUT2D eigenvalue weighted by atomic mass is 9.82. The molecule has 6 heteroatoms. The molecule has 2 N–H and O–H groups in total. The predicted octanol–water partition coefficient (Wildman–Crippen LogP) is 4.40. The molecule has 2 fully saturated rings. The molecule has 0 radical (unpaired) electrons. The number of ketones is 1. The quantitative estimate of drug-likeness (QED) is 0.466. The van der Waals surface area contributed by atoms with Gasteiger partial charge in [-0.15, -0.1) is 0 Å². The van der Waals surface area contributed by atoms with Crippen LogP contribution < -0.4 is 5.32 Å². The topological polar surface area (TPSA) is 83.5 Å². The van der Waals surface area contributed by atoms with Gasteiger partial charge in [0.1, 0.15) is 0 Å². The van der Waals surface area contributed by atoms with Crippen LogP contribution in [0.1, 0.15) is 75.5 Å². The monoisotopic (exact) mass is 471 g/mol. The number of carboxylic acid groups (broad SMARTS) is 1. The third-order valence-corrected chi connectivity index (χ3v) is 8.97. The van der Waals surface area contributed by atoms with E-state index in [1.54, 1.807) is 0 Å². The number of benzene rings is 1. The number of amides is 1. The van der Waals surface area contributed by atoms with Crippen molar-refractivity contribution in [3.63, 3.8) is 0 Å². The highest BCUT2D eigenvalue weighted by Gasteiger charge is 2.56. The Morgan fingerprint density at radius 3 is 2.48 bits per heavy atom. The summed E-state index contributed by atoms with van der Waals surface area (Å²) in [7, 11) is 0. The third kappa shape index (κ3) is 5.01. The van der Waals surface area contributed by atoms with Crippen molar-refractivity contribution >= 4 is 30.3 Å². The Bertz CT molecular complexity index is 921. The molecule has 33 heavy (non-hydrogen) atoms. The fraction of sp³-hybridized carbons (Fsp3) is 0.667. The summed E-state index contributed by atoms with van der Waals surface area (Å²) >= 11 is 4.44. The smallest absolute Gasteiger partial charge is 0.307 e. The van der Waals surface area contributed by atoms with Crippen LogP contribution in [0.3, 0.4) is 0 Å². The van der Waals surface area contributed by atoms with Gasteiger partial charge in [0.05, 0.1) is 16.7 Å². The van der Waals surface area contributed by atoms with Crippen LogP contribution in [0.25, 0.3) is 0 Å². The largest absolute Gasteiger partial charge is 0.481 e. The van der Waals surface area contributed by atoms with Crippen molar-refractivity contribution in [1.82, 2.24) is 5.32 Å². The van der Waals surface area contributed by atoms with Crippen LogP contribution in [-0.4, -0.2) is 33.6 Å². The summed E-state index contributed by atoms with van der Waals surface area (Å²) in [4.78, 5) is 38.7. The first-order chi connectivity index (χ1) is 15.7. The van der Waals surface area contributed by atoms with Gasteiger partial charge in [-0.1, -0.05) is 44.9 Å². The molecule has 2 saturated carbocycles. The van der Waals surface area contributed by atoms with E-state index in [9.17, 15) is 19.5 Å². The molecule has 4 atom stereocenters. The van der Waals surface area contributed by atoms with Crippen molar-refractivity contribution in [3.05, 3.63) is 34.9 Å².